The molecule has 0 aliphatic heterocycles. The van der Waals surface area contributed by atoms with Gasteiger partial charge in [-0.15, -0.1) is 0 Å². The van der Waals surface area contributed by atoms with Gasteiger partial charge in [-0.05, 0) is 42.5 Å². The predicted octanol–water partition coefficient (Wildman–Crippen LogP) is 2.54. The molecule has 110 valence electrons. The molecule has 0 aliphatic rings. The first-order valence-electron chi connectivity index (χ1n) is 6.28. The van der Waals surface area contributed by atoms with E-state index in [2.05, 4.69) is 10.5 Å². The molecule has 0 radical (unpaired) electrons. The lowest BCUT2D eigenvalue weighted by Gasteiger charge is -2.12. The van der Waals surface area contributed by atoms with Gasteiger partial charge < -0.3 is 21.0 Å². The maximum Gasteiger partial charge on any atom is 0.170 e. The Balaban J connectivity index is 2.19. The number of amidine groups is 1. The molecule has 0 amide bonds. The van der Waals surface area contributed by atoms with E-state index in [0.717, 1.165) is 11.3 Å². The lowest BCUT2D eigenvalue weighted by atomic mass is 10.1. The van der Waals surface area contributed by atoms with Gasteiger partial charge in [0, 0.05) is 23.4 Å². The van der Waals surface area contributed by atoms with Crippen molar-refractivity contribution in [2.24, 2.45) is 10.9 Å². The van der Waals surface area contributed by atoms with E-state index in [1.165, 1.54) is 12.1 Å². The minimum absolute atomic E-state index is 0.0284. The fourth-order valence-corrected chi connectivity index (χ4v) is 1.90. The summed E-state index contributed by atoms with van der Waals surface area (Å²) in [6.45, 7) is 0.460. The number of anilines is 1. The van der Waals surface area contributed by atoms with Gasteiger partial charge in [0.1, 0.15) is 11.6 Å². The van der Waals surface area contributed by atoms with Crippen LogP contribution in [-0.2, 0) is 6.54 Å². The lowest BCUT2D eigenvalue weighted by molar-refractivity contribution is 0.318. The van der Waals surface area contributed by atoms with Gasteiger partial charge in [0.15, 0.2) is 5.84 Å². The molecule has 2 aromatic rings. The van der Waals surface area contributed by atoms with E-state index in [1.807, 2.05) is 0 Å². The number of hydrogen-bond acceptors (Lipinski definition) is 4. The molecule has 2 aromatic carbocycles. The average molecular weight is 289 g/mol. The van der Waals surface area contributed by atoms with Gasteiger partial charge in [-0.2, -0.15) is 0 Å². The summed E-state index contributed by atoms with van der Waals surface area (Å²) in [6.07, 6.45) is 0. The molecule has 6 heteroatoms. The summed E-state index contributed by atoms with van der Waals surface area (Å²) in [7, 11) is 1.57. The van der Waals surface area contributed by atoms with Crippen molar-refractivity contribution in [3.63, 3.8) is 0 Å². The monoisotopic (exact) mass is 289 g/mol. The number of nitrogens with zero attached hydrogens (tertiary/aromatic N) is 1. The summed E-state index contributed by atoms with van der Waals surface area (Å²) in [4.78, 5) is 0. The van der Waals surface area contributed by atoms with Crippen LogP contribution in [0.2, 0.25) is 0 Å². The molecule has 0 saturated heterocycles. The van der Waals surface area contributed by atoms with Crippen LogP contribution in [-0.4, -0.2) is 18.2 Å². The highest BCUT2D eigenvalue weighted by atomic mass is 19.1. The Labute approximate surface area is 121 Å². The third-order valence-corrected chi connectivity index (χ3v) is 3.01. The van der Waals surface area contributed by atoms with E-state index in [1.54, 1.807) is 37.4 Å². The van der Waals surface area contributed by atoms with Crippen LogP contribution in [0.15, 0.2) is 47.6 Å². The first-order valence-corrected chi connectivity index (χ1v) is 6.28. The van der Waals surface area contributed by atoms with E-state index in [0.29, 0.717) is 17.9 Å². The topological polar surface area (TPSA) is 79.9 Å². The van der Waals surface area contributed by atoms with Gasteiger partial charge >= 0.3 is 0 Å². The SMILES string of the molecule is COc1ccc(/C(N)=N/O)cc1CNc1ccc(F)cc1. The van der Waals surface area contributed by atoms with Crippen LogP contribution in [0.25, 0.3) is 0 Å². The number of ether oxygens (including phenoxy) is 1. The van der Waals surface area contributed by atoms with E-state index < -0.39 is 0 Å². The second kappa shape index (κ2) is 6.60. The molecule has 0 unspecified atom stereocenters. The number of rotatable bonds is 5. The number of hydrogen-bond donors (Lipinski definition) is 3. The minimum Gasteiger partial charge on any atom is -0.496 e. The molecular formula is C15H16FN3O2. The highest BCUT2D eigenvalue weighted by Gasteiger charge is 2.07. The van der Waals surface area contributed by atoms with Gasteiger partial charge in [0.05, 0.1) is 7.11 Å². The Morgan fingerprint density at radius 1 is 1.29 bits per heavy atom. The Morgan fingerprint density at radius 2 is 2.00 bits per heavy atom. The van der Waals surface area contributed by atoms with Crippen LogP contribution in [0, 0.1) is 5.82 Å². The highest BCUT2D eigenvalue weighted by Crippen LogP contribution is 2.21. The first kappa shape index (κ1) is 14.6. The van der Waals surface area contributed by atoms with E-state index in [4.69, 9.17) is 15.7 Å². The molecule has 0 heterocycles. The summed E-state index contributed by atoms with van der Waals surface area (Å²) in [5.41, 5.74) is 7.79. The maximum absolute atomic E-state index is 12.9. The van der Waals surface area contributed by atoms with Crippen molar-refractivity contribution in [3.05, 3.63) is 59.4 Å². The smallest absolute Gasteiger partial charge is 0.170 e. The minimum atomic E-state index is -0.285. The molecule has 2 rings (SSSR count). The third kappa shape index (κ3) is 3.62. The highest BCUT2D eigenvalue weighted by molar-refractivity contribution is 5.97. The number of methoxy groups -OCH3 is 1. The van der Waals surface area contributed by atoms with Crippen LogP contribution in [0.1, 0.15) is 11.1 Å². The Kier molecular flexibility index (Phi) is 4.61. The van der Waals surface area contributed by atoms with Crippen molar-refractivity contribution in [2.45, 2.75) is 6.54 Å². The Bertz CT molecular complexity index is 642. The van der Waals surface area contributed by atoms with Crippen molar-refractivity contribution in [3.8, 4) is 5.75 Å². The van der Waals surface area contributed by atoms with Gasteiger partial charge in [-0.1, -0.05) is 5.16 Å². The normalized spacial score (nSPS) is 11.2. The van der Waals surface area contributed by atoms with Crippen molar-refractivity contribution < 1.29 is 14.3 Å². The molecule has 0 aromatic heterocycles. The average Bonchev–Trinajstić information content (AvgIpc) is 2.53. The molecule has 0 spiro atoms. The molecule has 21 heavy (non-hydrogen) atoms. The predicted molar refractivity (Wildman–Crippen MR) is 79.2 cm³/mol. The van der Waals surface area contributed by atoms with E-state index in [9.17, 15) is 4.39 Å². The van der Waals surface area contributed by atoms with Crippen LogP contribution < -0.4 is 15.8 Å². The van der Waals surface area contributed by atoms with Gasteiger partial charge in [0.25, 0.3) is 0 Å². The van der Waals surface area contributed by atoms with Gasteiger partial charge in [-0.3, -0.25) is 0 Å². The summed E-state index contributed by atoms with van der Waals surface area (Å²) >= 11 is 0. The summed E-state index contributed by atoms with van der Waals surface area (Å²) in [5.74, 6) is 0.423. The first-order chi connectivity index (χ1) is 10.1. The van der Waals surface area contributed by atoms with Crippen molar-refractivity contribution in [2.75, 3.05) is 12.4 Å². The van der Waals surface area contributed by atoms with Crippen LogP contribution in [0.3, 0.4) is 0 Å². The Hall–Kier alpha value is -2.76. The zero-order valence-electron chi connectivity index (χ0n) is 11.5. The number of halogens is 1. The fourth-order valence-electron chi connectivity index (χ4n) is 1.90. The molecule has 5 nitrogen and oxygen atoms in total. The summed E-state index contributed by atoms with van der Waals surface area (Å²) < 4.78 is 18.1. The lowest BCUT2D eigenvalue weighted by Crippen LogP contribution is -2.14. The van der Waals surface area contributed by atoms with Crippen molar-refractivity contribution in [1.82, 2.24) is 0 Å². The second-order valence-corrected chi connectivity index (χ2v) is 4.37. The number of benzene rings is 2. The largest absolute Gasteiger partial charge is 0.496 e. The molecule has 4 N–H and O–H groups in total. The van der Waals surface area contributed by atoms with Crippen molar-refractivity contribution >= 4 is 11.5 Å². The number of oxime groups is 1. The standard InChI is InChI=1S/C15H16FN3O2/c1-21-14-7-2-10(15(17)19-20)8-11(14)9-18-13-5-3-12(16)4-6-13/h2-8,18,20H,9H2,1H3,(H2,17,19). The quantitative estimate of drug-likeness (QED) is 0.342. The molecule has 0 saturated carbocycles. The zero-order chi connectivity index (χ0) is 15.2. The van der Waals surface area contributed by atoms with E-state index in [-0.39, 0.29) is 11.7 Å². The Morgan fingerprint density at radius 3 is 2.62 bits per heavy atom. The fraction of sp³-hybridized carbons (Fsp3) is 0.133. The molecule has 0 bridgehead atoms. The third-order valence-electron chi connectivity index (χ3n) is 3.01. The maximum atomic E-state index is 12.9. The van der Waals surface area contributed by atoms with E-state index >= 15 is 0 Å². The zero-order valence-corrected chi connectivity index (χ0v) is 11.5. The molecular weight excluding hydrogens is 273 g/mol. The molecule has 0 aliphatic carbocycles. The molecule has 0 fully saturated rings. The summed E-state index contributed by atoms with van der Waals surface area (Å²) in [5, 5.41) is 14.9. The van der Waals surface area contributed by atoms with Crippen molar-refractivity contribution in [1.29, 1.82) is 0 Å². The van der Waals surface area contributed by atoms with Gasteiger partial charge in [-0.25, -0.2) is 4.39 Å². The van der Waals surface area contributed by atoms with Crippen LogP contribution in [0.4, 0.5) is 10.1 Å². The van der Waals surface area contributed by atoms with Gasteiger partial charge in [0.2, 0.25) is 0 Å². The second-order valence-electron chi connectivity index (χ2n) is 4.37. The number of nitrogens with one attached hydrogen (secondary N) is 1. The van der Waals surface area contributed by atoms with Crippen LogP contribution in [0.5, 0.6) is 5.75 Å². The molecule has 0 atom stereocenters. The van der Waals surface area contributed by atoms with Crippen LogP contribution >= 0.6 is 0 Å². The number of nitrogens with two attached hydrogens (primary N) is 1. The summed E-state index contributed by atoms with van der Waals surface area (Å²) in [6, 6.07) is 11.3.